The molecule has 1 aromatic carbocycles. The molecule has 0 aliphatic carbocycles. The normalized spacial score (nSPS) is 19.7. The molecule has 0 bridgehead atoms. The molecule has 3 nitrogen and oxygen atoms in total. The maximum absolute atomic E-state index is 11.7. The van der Waals surface area contributed by atoms with Crippen molar-refractivity contribution in [3.05, 3.63) is 35.4 Å². The van der Waals surface area contributed by atoms with Crippen molar-refractivity contribution in [2.45, 2.75) is 19.0 Å². The second-order valence-electron chi connectivity index (χ2n) is 3.55. The van der Waals surface area contributed by atoms with Gasteiger partial charge in [-0.1, -0.05) is 0 Å². The zero-order chi connectivity index (χ0) is 10.7. The van der Waals surface area contributed by atoms with Crippen LogP contribution in [-0.2, 0) is 17.8 Å². The fourth-order valence-electron chi connectivity index (χ4n) is 1.80. The molecule has 15 heavy (non-hydrogen) atoms. The minimum atomic E-state index is -0.168. The predicted molar refractivity (Wildman–Crippen MR) is 54.8 cm³/mol. The molecule has 0 spiro atoms. The quantitative estimate of drug-likeness (QED) is 0.358. The summed E-state index contributed by atoms with van der Waals surface area (Å²) in [6, 6.07) is 8.25. The third kappa shape index (κ3) is 2.49. The van der Waals surface area contributed by atoms with E-state index in [0.29, 0.717) is 0 Å². The summed E-state index contributed by atoms with van der Waals surface area (Å²) >= 11 is -0.168. The van der Waals surface area contributed by atoms with Crippen molar-refractivity contribution < 1.29 is 26.3 Å². The second kappa shape index (κ2) is 4.94. The Morgan fingerprint density at radius 2 is 2.20 bits per heavy atom. The molecule has 0 fully saturated rings. The van der Waals surface area contributed by atoms with E-state index in [1.54, 1.807) is 0 Å². The number of nitrogens with one attached hydrogen (secondary N) is 2. The number of carbonyl (C=O) groups is 1. The fraction of sp³-hybridized carbons (Fsp3) is 0.364. The van der Waals surface area contributed by atoms with Gasteiger partial charge in [0, 0.05) is 0 Å². The molecule has 2 N–H and O–H groups in total. The number of benzene rings is 1. The van der Waals surface area contributed by atoms with Gasteiger partial charge in [-0.25, -0.2) is 0 Å². The van der Waals surface area contributed by atoms with E-state index in [9.17, 15) is 4.79 Å². The van der Waals surface area contributed by atoms with Crippen LogP contribution in [0.3, 0.4) is 0 Å². The maximum atomic E-state index is 11.7. The molecule has 0 radical (unpaired) electrons. The summed E-state index contributed by atoms with van der Waals surface area (Å²) in [7, 11) is 0. The number of carbonyl (C=O) groups excluding carboxylic acids is 1. The standard InChI is InChI=1S/C11H14IN2O/c1-12-14-11(15)10-6-8-4-2-3-5-9(8)7-13-10/h2-5,10,13H,6-7H2,1H3,(H,14,15)/q-1. The Labute approximate surface area is 100 Å². The summed E-state index contributed by atoms with van der Waals surface area (Å²) in [5.41, 5.74) is 2.61. The van der Waals surface area contributed by atoms with Crippen LogP contribution in [0.4, 0.5) is 0 Å². The Morgan fingerprint density at radius 3 is 2.93 bits per heavy atom. The average Bonchev–Trinajstić information content (AvgIpc) is 2.29. The Hall–Kier alpha value is -0.620. The van der Waals surface area contributed by atoms with Gasteiger partial charge in [0.05, 0.1) is 0 Å². The molecule has 2 rings (SSSR count). The predicted octanol–water partition coefficient (Wildman–Crippen LogP) is -2.55. The van der Waals surface area contributed by atoms with E-state index in [1.165, 1.54) is 11.1 Å². The van der Waals surface area contributed by atoms with E-state index in [0.717, 1.165) is 13.0 Å². The minimum absolute atomic E-state index is 0.0421. The van der Waals surface area contributed by atoms with Crippen molar-refractivity contribution >= 4 is 5.91 Å². The molecule has 1 aliphatic rings. The SMILES string of the molecule is C[I-]NC(=O)C1Cc2ccccc2CN1. The van der Waals surface area contributed by atoms with Crippen molar-refractivity contribution in [1.82, 2.24) is 8.85 Å². The summed E-state index contributed by atoms with van der Waals surface area (Å²) in [6.07, 6.45) is 0.811. The third-order valence-corrected chi connectivity index (χ3v) is 3.66. The molecule has 82 valence electrons. The van der Waals surface area contributed by atoms with Gasteiger partial charge in [-0.2, -0.15) is 0 Å². The Morgan fingerprint density at radius 1 is 1.47 bits per heavy atom. The van der Waals surface area contributed by atoms with Gasteiger partial charge in [-0.15, -0.1) is 0 Å². The van der Waals surface area contributed by atoms with Crippen LogP contribution in [0.1, 0.15) is 11.1 Å². The molecular weight excluding hydrogens is 303 g/mol. The van der Waals surface area contributed by atoms with Gasteiger partial charge >= 0.3 is 100 Å². The molecule has 0 saturated carbocycles. The molecule has 1 amide bonds. The summed E-state index contributed by atoms with van der Waals surface area (Å²) in [6.45, 7) is 0.802. The molecule has 1 atom stereocenters. The van der Waals surface area contributed by atoms with Crippen LogP contribution < -0.4 is 30.3 Å². The van der Waals surface area contributed by atoms with Crippen LogP contribution in [0.25, 0.3) is 0 Å². The first-order chi connectivity index (χ1) is 7.31. The number of hydrogen-bond acceptors (Lipinski definition) is 2. The molecule has 1 aliphatic heterocycles. The van der Waals surface area contributed by atoms with Gasteiger partial charge in [0.15, 0.2) is 0 Å². The number of hydrogen-bond donors (Lipinski definition) is 2. The van der Waals surface area contributed by atoms with E-state index in [2.05, 4.69) is 21.0 Å². The van der Waals surface area contributed by atoms with Crippen LogP contribution in [0.15, 0.2) is 24.3 Å². The summed E-state index contributed by atoms with van der Waals surface area (Å²) in [4.78, 5) is 13.7. The molecule has 1 unspecified atom stereocenters. The zero-order valence-electron chi connectivity index (χ0n) is 8.59. The van der Waals surface area contributed by atoms with Crippen molar-refractivity contribution in [2.75, 3.05) is 4.93 Å². The molecular formula is C11H14IN2O-. The molecule has 1 aromatic rings. The number of alkyl halides is 1. The van der Waals surface area contributed by atoms with Crippen molar-refractivity contribution in [3.8, 4) is 0 Å². The van der Waals surface area contributed by atoms with E-state index in [1.807, 2.05) is 17.1 Å². The first-order valence-corrected chi connectivity index (χ1v) is 8.13. The van der Waals surface area contributed by atoms with Gasteiger partial charge in [0.25, 0.3) is 0 Å². The van der Waals surface area contributed by atoms with Crippen LogP contribution in [0.2, 0.25) is 0 Å². The average molecular weight is 317 g/mol. The van der Waals surface area contributed by atoms with Crippen LogP contribution in [-0.4, -0.2) is 16.9 Å². The molecule has 4 heteroatoms. The number of fused-ring (bicyclic) bond motifs is 1. The second-order valence-corrected chi connectivity index (χ2v) is 5.17. The summed E-state index contributed by atoms with van der Waals surface area (Å²) in [5, 5.41) is 3.27. The first-order valence-electron chi connectivity index (χ1n) is 4.89. The van der Waals surface area contributed by atoms with Gasteiger partial charge in [0.1, 0.15) is 0 Å². The summed E-state index contributed by atoms with van der Waals surface area (Å²) < 4.78 is 2.95. The van der Waals surface area contributed by atoms with E-state index >= 15 is 0 Å². The molecule has 0 saturated heterocycles. The fourth-order valence-corrected chi connectivity index (χ4v) is 2.71. The Kier molecular flexibility index (Phi) is 3.58. The van der Waals surface area contributed by atoms with Gasteiger partial charge in [-0.05, 0) is 0 Å². The van der Waals surface area contributed by atoms with Crippen molar-refractivity contribution in [3.63, 3.8) is 0 Å². The van der Waals surface area contributed by atoms with Gasteiger partial charge < -0.3 is 0 Å². The zero-order valence-corrected chi connectivity index (χ0v) is 10.7. The molecule has 0 aromatic heterocycles. The Bertz CT molecular complexity index is 367. The Balaban J connectivity index is 2.08. The third-order valence-electron chi connectivity index (χ3n) is 2.59. The van der Waals surface area contributed by atoms with Crippen LogP contribution >= 0.6 is 0 Å². The van der Waals surface area contributed by atoms with E-state index < -0.39 is 0 Å². The van der Waals surface area contributed by atoms with E-state index in [-0.39, 0.29) is 33.4 Å². The number of amides is 1. The number of rotatable bonds is 2. The van der Waals surface area contributed by atoms with Crippen molar-refractivity contribution in [2.24, 2.45) is 0 Å². The van der Waals surface area contributed by atoms with Crippen LogP contribution in [0.5, 0.6) is 0 Å². The van der Waals surface area contributed by atoms with Crippen LogP contribution in [0, 0.1) is 0 Å². The van der Waals surface area contributed by atoms with Crippen molar-refractivity contribution in [1.29, 1.82) is 0 Å². The first kappa shape index (κ1) is 10.9. The topological polar surface area (TPSA) is 41.1 Å². The molecule has 1 heterocycles. The van der Waals surface area contributed by atoms with Gasteiger partial charge in [0.2, 0.25) is 0 Å². The monoisotopic (exact) mass is 317 g/mol. The van der Waals surface area contributed by atoms with E-state index in [4.69, 9.17) is 0 Å². The summed E-state index contributed by atoms with van der Waals surface area (Å²) in [5.74, 6) is 0.153. The van der Waals surface area contributed by atoms with Gasteiger partial charge in [-0.3, -0.25) is 0 Å². The number of halogens is 1.